The summed E-state index contributed by atoms with van der Waals surface area (Å²) in [4.78, 5) is 43.6. The summed E-state index contributed by atoms with van der Waals surface area (Å²) in [6.07, 6.45) is 4.65. The third-order valence-corrected chi connectivity index (χ3v) is 8.45. The fraction of sp³-hybridized carbons (Fsp3) is 0.364. The van der Waals surface area contributed by atoms with Crippen LogP contribution in [0, 0.1) is 5.92 Å². The first-order valence-electron chi connectivity index (χ1n) is 15.0. The molecule has 0 aliphatic carbocycles. The molecule has 13 heteroatoms. The molecule has 2 aromatic heterocycles. The lowest BCUT2D eigenvalue weighted by atomic mass is 9.92. The highest BCUT2D eigenvalue weighted by molar-refractivity contribution is 6.12. The van der Waals surface area contributed by atoms with Gasteiger partial charge in [-0.15, -0.1) is 5.10 Å². The number of piperazine rings is 1. The minimum absolute atomic E-state index is 0.0693. The fourth-order valence-corrected chi connectivity index (χ4v) is 5.86. The summed E-state index contributed by atoms with van der Waals surface area (Å²) < 4.78 is 24.4. The number of ether oxygens (including phenoxy) is 3. The molecule has 2 aliphatic rings. The average molecular weight is 629 g/mol. The molecular weight excluding hydrogens is 592 g/mol. The normalized spacial score (nSPS) is 18.3. The number of hydrogen-bond acceptors (Lipinski definition) is 11. The zero-order valence-corrected chi connectivity index (χ0v) is 26.4. The molecule has 0 saturated carbocycles. The summed E-state index contributed by atoms with van der Waals surface area (Å²) >= 11 is 0. The number of amides is 1. The van der Waals surface area contributed by atoms with Gasteiger partial charge in [-0.05, 0) is 37.4 Å². The quantitative estimate of drug-likeness (QED) is 0.216. The largest absolute Gasteiger partial charge is 0.497 e. The maximum absolute atomic E-state index is 14.3. The second-order valence-corrected chi connectivity index (χ2v) is 11.7. The topological polar surface area (TPSA) is 141 Å². The van der Waals surface area contributed by atoms with E-state index in [4.69, 9.17) is 18.6 Å². The van der Waals surface area contributed by atoms with Crippen molar-refractivity contribution in [2.24, 2.45) is 5.92 Å². The van der Waals surface area contributed by atoms with E-state index in [1.165, 1.54) is 16.8 Å². The van der Waals surface area contributed by atoms with Gasteiger partial charge in [-0.25, -0.2) is 9.48 Å². The minimum atomic E-state index is -1.54. The highest BCUT2D eigenvalue weighted by atomic mass is 16.5. The van der Waals surface area contributed by atoms with Crippen molar-refractivity contribution < 1.29 is 28.2 Å². The van der Waals surface area contributed by atoms with Crippen LogP contribution in [0.25, 0.3) is 17.0 Å². The number of carbonyl (C=O) groups is 2. The zero-order chi connectivity index (χ0) is 32.6. The molecule has 1 saturated heterocycles. The van der Waals surface area contributed by atoms with Crippen LogP contribution >= 0.6 is 0 Å². The Bertz CT molecular complexity index is 1890. The smallest absolute Gasteiger partial charge is 0.336 e. The predicted molar refractivity (Wildman–Crippen MR) is 170 cm³/mol. The number of ketones is 1. The third kappa shape index (κ3) is 5.47. The minimum Gasteiger partial charge on any atom is -0.497 e. The molecule has 4 aromatic rings. The monoisotopic (exact) mass is 628 g/mol. The number of rotatable bonds is 9. The number of aromatic nitrogens is 3. The van der Waals surface area contributed by atoms with Crippen molar-refractivity contribution in [1.29, 1.82) is 0 Å². The number of likely N-dealkylation sites (N-methyl/N-ethyl adjacent to an activating group) is 1. The summed E-state index contributed by atoms with van der Waals surface area (Å²) in [5.41, 5.74) is 0.472. The number of carbonyl (C=O) groups excluding carboxylic acids is 2. The molecular formula is C33H36N6O7. The molecule has 1 atom stereocenters. The first kappa shape index (κ1) is 30.8. The molecule has 240 valence electrons. The Morgan fingerprint density at radius 3 is 2.59 bits per heavy atom. The molecule has 6 rings (SSSR count). The highest BCUT2D eigenvalue weighted by Crippen LogP contribution is 2.50. The number of Topliss-reactive ketones (excluding diaryl/α,β-unsaturated/α-hetero) is 1. The molecule has 1 fully saturated rings. The van der Waals surface area contributed by atoms with Crippen molar-refractivity contribution in [2.45, 2.75) is 26.1 Å². The Morgan fingerprint density at radius 2 is 1.87 bits per heavy atom. The van der Waals surface area contributed by atoms with Crippen molar-refractivity contribution in [3.05, 3.63) is 75.9 Å². The highest BCUT2D eigenvalue weighted by Gasteiger charge is 2.55. The molecule has 4 heterocycles. The number of fused-ring (bicyclic) bond motifs is 2. The lowest BCUT2D eigenvalue weighted by Gasteiger charge is -2.35. The number of benzene rings is 2. The van der Waals surface area contributed by atoms with Gasteiger partial charge < -0.3 is 33.7 Å². The van der Waals surface area contributed by atoms with Gasteiger partial charge >= 0.3 is 5.63 Å². The molecule has 46 heavy (non-hydrogen) atoms. The summed E-state index contributed by atoms with van der Waals surface area (Å²) in [5.74, 6) is 0.570. The molecule has 13 nitrogen and oxygen atoms in total. The van der Waals surface area contributed by atoms with Crippen LogP contribution in [0.2, 0.25) is 0 Å². The SMILES string of the molecule is COc1ccc(/C=C/C(=O)NCc2cn(C3(C(C)C)Oc4c(cc5ccc(=O)oc5c4N4CCN(C)CC4)C3=O)nn2)c(OC)c1. The van der Waals surface area contributed by atoms with Gasteiger partial charge in [-0.3, -0.25) is 9.59 Å². The van der Waals surface area contributed by atoms with Gasteiger partial charge in [0.1, 0.15) is 22.9 Å². The summed E-state index contributed by atoms with van der Waals surface area (Å²) in [7, 11) is 5.16. The van der Waals surface area contributed by atoms with E-state index in [-0.39, 0.29) is 24.2 Å². The Hall–Kier alpha value is -5.17. The molecule has 0 spiro atoms. The Morgan fingerprint density at radius 1 is 1.09 bits per heavy atom. The lowest BCUT2D eigenvalue weighted by Crippen LogP contribution is -2.48. The third-order valence-electron chi connectivity index (χ3n) is 8.45. The van der Waals surface area contributed by atoms with Crippen molar-refractivity contribution in [1.82, 2.24) is 25.2 Å². The van der Waals surface area contributed by atoms with Crippen LogP contribution in [0.5, 0.6) is 17.2 Å². The van der Waals surface area contributed by atoms with Crippen LogP contribution in [0.4, 0.5) is 5.69 Å². The van der Waals surface area contributed by atoms with Gasteiger partial charge in [0.05, 0.1) is 32.5 Å². The van der Waals surface area contributed by atoms with E-state index in [1.54, 1.807) is 56.8 Å². The van der Waals surface area contributed by atoms with Crippen molar-refractivity contribution >= 4 is 34.4 Å². The first-order chi connectivity index (χ1) is 22.1. The van der Waals surface area contributed by atoms with E-state index >= 15 is 0 Å². The standard InChI is InChI=1S/C33H36N6O7/c1-20(2)33(39-19-23(35-36-39)18-34-27(40)10-7-21-6-9-24(43-4)17-26(21)44-5)32(42)25-16-22-8-11-28(41)45-30(22)29(31(25)46-33)38-14-12-37(3)13-15-38/h6-11,16-17,19-20H,12-15,18H2,1-5H3,(H,34,40)/b10-7+. The number of methoxy groups -OCH3 is 2. The first-order valence-corrected chi connectivity index (χ1v) is 15.0. The summed E-state index contributed by atoms with van der Waals surface area (Å²) in [6.45, 7) is 6.75. The van der Waals surface area contributed by atoms with Crippen molar-refractivity contribution in [2.75, 3.05) is 52.3 Å². The van der Waals surface area contributed by atoms with E-state index in [2.05, 4.69) is 25.4 Å². The van der Waals surface area contributed by atoms with Crippen LogP contribution in [-0.2, 0) is 17.1 Å². The van der Waals surface area contributed by atoms with Gasteiger partial charge in [0, 0.05) is 61.3 Å². The van der Waals surface area contributed by atoms with Crippen molar-refractivity contribution in [3.63, 3.8) is 0 Å². The van der Waals surface area contributed by atoms with Gasteiger partial charge in [0.2, 0.25) is 11.7 Å². The summed E-state index contributed by atoms with van der Waals surface area (Å²) in [6, 6.07) is 10.0. The summed E-state index contributed by atoms with van der Waals surface area (Å²) in [5, 5.41) is 12.0. The number of anilines is 1. The average Bonchev–Trinajstić information content (AvgIpc) is 3.65. The van der Waals surface area contributed by atoms with Gasteiger partial charge in [-0.1, -0.05) is 19.1 Å². The maximum atomic E-state index is 14.3. The Labute approximate surface area is 265 Å². The second kappa shape index (κ2) is 12.3. The van der Waals surface area contributed by atoms with Gasteiger partial charge in [-0.2, -0.15) is 0 Å². The predicted octanol–water partition coefficient (Wildman–Crippen LogP) is 3.07. The van der Waals surface area contributed by atoms with Gasteiger partial charge in [0.25, 0.3) is 5.72 Å². The molecule has 0 radical (unpaired) electrons. The molecule has 0 bridgehead atoms. The fourth-order valence-electron chi connectivity index (χ4n) is 5.86. The van der Waals surface area contributed by atoms with Crippen molar-refractivity contribution in [3.8, 4) is 17.2 Å². The Kier molecular flexibility index (Phi) is 8.26. The second-order valence-electron chi connectivity index (χ2n) is 11.7. The van der Waals surface area contributed by atoms with Crippen LogP contribution in [0.3, 0.4) is 0 Å². The molecule has 2 aromatic carbocycles. The molecule has 2 aliphatic heterocycles. The van der Waals surface area contributed by atoms with E-state index < -0.39 is 11.4 Å². The maximum Gasteiger partial charge on any atom is 0.336 e. The molecule has 1 unspecified atom stereocenters. The van der Waals surface area contributed by atoms with Crippen LogP contribution in [0.1, 0.15) is 35.5 Å². The van der Waals surface area contributed by atoms with Crippen LogP contribution < -0.4 is 30.1 Å². The zero-order valence-electron chi connectivity index (χ0n) is 26.4. The van der Waals surface area contributed by atoms with E-state index in [0.29, 0.717) is 63.8 Å². The number of nitrogens with zero attached hydrogens (tertiary/aromatic N) is 5. The van der Waals surface area contributed by atoms with Gasteiger partial charge in [0.15, 0.2) is 11.3 Å². The van der Waals surface area contributed by atoms with E-state index in [0.717, 1.165) is 13.1 Å². The van der Waals surface area contributed by atoms with Crippen LogP contribution in [0.15, 0.2) is 57.9 Å². The van der Waals surface area contributed by atoms with E-state index in [9.17, 15) is 14.4 Å². The Balaban J connectivity index is 1.27. The van der Waals surface area contributed by atoms with E-state index in [1.807, 2.05) is 20.9 Å². The lowest BCUT2D eigenvalue weighted by molar-refractivity contribution is -0.116. The molecule has 1 amide bonds. The number of hydrogen-bond donors (Lipinski definition) is 1. The molecule has 1 N–H and O–H groups in total. The van der Waals surface area contributed by atoms with Crippen LogP contribution in [-0.4, -0.2) is 79.0 Å². The number of nitrogens with one attached hydrogen (secondary N) is 1.